The maximum Gasteiger partial charge on any atom is 0.251 e. The first-order chi connectivity index (χ1) is 12.3. The predicted octanol–water partition coefficient (Wildman–Crippen LogP) is 4.49. The summed E-state index contributed by atoms with van der Waals surface area (Å²) in [6, 6.07) is 13.4. The highest BCUT2D eigenvalue weighted by molar-refractivity contribution is 5.94. The molecule has 0 heterocycles. The number of amides is 1. The van der Waals surface area contributed by atoms with Crippen LogP contribution in [0.2, 0.25) is 0 Å². The molecule has 0 fully saturated rings. The van der Waals surface area contributed by atoms with Crippen molar-refractivity contribution in [3.8, 4) is 11.5 Å². The minimum absolute atomic E-state index is 0.106. The van der Waals surface area contributed by atoms with Gasteiger partial charge in [0.1, 0.15) is 18.1 Å². The Bertz CT molecular complexity index is 758. The minimum Gasteiger partial charge on any atom is -0.496 e. The lowest BCUT2D eigenvalue weighted by Crippen LogP contribution is -2.23. The fraction of sp³-hybridized carbons (Fsp3) is 0.318. The van der Waals surface area contributed by atoms with E-state index in [-0.39, 0.29) is 11.3 Å². The number of ether oxygens (including phenoxy) is 2. The van der Waals surface area contributed by atoms with Gasteiger partial charge in [-0.1, -0.05) is 39.0 Å². The fourth-order valence-electron chi connectivity index (χ4n) is 2.51. The molecule has 0 aromatic heterocycles. The molecule has 0 bridgehead atoms. The van der Waals surface area contributed by atoms with E-state index in [2.05, 4.69) is 44.8 Å². The monoisotopic (exact) mass is 353 g/mol. The van der Waals surface area contributed by atoms with Gasteiger partial charge in [-0.3, -0.25) is 4.79 Å². The Hall–Kier alpha value is -2.75. The van der Waals surface area contributed by atoms with Crippen LogP contribution in [0.4, 0.5) is 0 Å². The van der Waals surface area contributed by atoms with Crippen molar-refractivity contribution in [2.75, 3.05) is 13.7 Å². The Balaban J connectivity index is 2.12. The van der Waals surface area contributed by atoms with Gasteiger partial charge in [-0.05, 0) is 41.3 Å². The molecule has 0 radical (unpaired) electrons. The van der Waals surface area contributed by atoms with E-state index in [1.54, 1.807) is 31.4 Å². The van der Waals surface area contributed by atoms with Crippen molar-refractivity contribution in [2.45, 2.75) is 32.8 Å². The molecule has 0 aliphatic carbocycles. The Morgan fingerprint density at radius 2 is 1.85 bits per heavy atom. The van der Waals surface area contributed by atoms with E-state index >= 15 is 0 Å². The minimum atomic E-state index is -0.150. The molecular formula is C22H27NO3. The average Bonchev–Trinajstić information content (AvgIpc) is 2.63. The van der Waals surface area contributed by atoms with Crippen LogP contribution in [-0.2, 0) is 12.0 Å². The molecule has 4 heteroatoms. The molecule has 138 valence electrons. The van der Waals surface area contributed by atoms with Gasteiger partial charge in [0.05, 0.1) is 7.11 Å². The molecular weight excluding hydrogens is 326 g/mol. The number of benzene rings is 2. The molecule has 0 aliphatic rings. The van der Waals surface area contributed by atoms with Gasteiger partial charge >= 0.3 is 0 Å². The van der Waals surface area contributed by atoms with Gasteiger partial charge < -0.3 is 14.8 Å². The molecule has 0 aliphatic heterocycles. The molecule has 2 aromatic carbocycles. The van der Waals surface area contributed by atoms with Crippen molar-refractivity contribution in [3.63, 3.8) is 0 Å². The van der Waals surface area contributed by atoms with Gasteiger partial charge in [-0.15, -0.1) is 6.58 Å². The van der Waals surface area contributed by atoms with E-state index in [4.69, 9.17) is 9.47 Å². The zero-order valence-electron chi connectivity index (χ0n) is 16.0. The first-order valence-corrected chi connectivity index (χ1v) is 8.64. The molecule has 2 aromatic rings. The summed E-state index contributed by atoms with van der Waals surface area (Å²) >= 11 is 0. The summed E-state index contributed by atoms with van der Waals surface area (Å²) in [5, 5.41) is 2.77. The van der Waals surface area contributed by atoms with Crippen molar-refractivity contribution in [1.82, 2.24) is 5.32 Å². The van der Waals surface area contributed by atoms with E-state index in [1.165, 1.54) is 5.56 Å². The van der Waals surface area contributed by atoms with E-state index < -0.39 is 0 Å². The van der Waals surface area contributed by atoms with Crippen LogP contribution in [0.25, 0.3) is 0 Å². The molecule has 26 heavy (non-hydrogen) atoms. The predicted molar refractivity (Wildman–Crippen MR) is 105 cm³/mol. The second kappa shape index (κ2) is 8.56. The summed E-state index contributed by atoms with van der Waals surface area (Å²) in [6.45, 7) is 10.9. The van der Waals surface area contributed by atoms with Crippen molar-refractivity contribution in [3.05, 3.63) is 71.8 Å². The highest BCUT2D eigenvalue weighted by Crippen LogP contribution is 2.26. The molecule has 0 saturated carbocycles. The fourth-order valence-corrected chi connectivity index (χ4v) is 2.51. The average molecular weight is 353 g/mol. The van der Waals surface area contributed by atoms with Crippen molar-refractivity contribution in [2.24, 2.45) is 0 Å². The normalized spacial score (nSPS) is 10.9. The van der Waals surface area contributed by atoms with Crippen LogP contribution >= 0.6 is 0 Å². The molecule has 1 amide bonds. The van der Waals surface area contributed by atoms with Crippen LogP contribution in [0.5, 0.6) is 11.5 Å². The van der Waals surface area contributed by atoms with Crippen LogP contribution in [0.1, 0.15) is 42.3 Å². The Morgan fingerprint density at radius 1 is 1.15 bits per heavy atom. The molecule has 0 saturated heterocycles. The maximum absolute atomic E-state index is 12.1. The topological polar surface area (TPSA) is 47.6 Å². The summed E-state index contributed by atoms with van der Waals surface area (Å²) in [5.74, 6) is 1.32. The van der Waals surface area contributed by atoms with E-state index in [1.807, 2.05) is 12.1 Å². The third-order valence-electron chi connectivity index (χ3n) is 4.06. The van der Waals surface area contributed by atoms with Crippen LogP contribution < -0.4 is 14.8 Å². The molecule has 0 unspecified atom stereocenters. The van der Waals surface area contributed by atoms with E-state index in [0.29, 0.717) is 24.5 Å². The molecule has 0 atom stereocenters. The van der Waals surface area contributed by atoms with E-state index in [0.717, 1.165) is 11.3 Å². The Labute approximate surface area is 155 Å². The Morgan fingerprint density at radius 3 is 2.42 bits per heavy atom. The number of hydrogen-bond acceptors (Lipinski definition) is 3. The van der Waals surface area contributed by atoms with Crippen molar-refractivity contribution in [1.29, 1.82) is 0 Å². The van der Waals surface area contributed by atoms with Crippen LogP contribution in [0, 0.1) is 0 Å². The first-order valence-electron chi connectivity index (χ1n) is 8.64. The summed E-state index contributed by atoms with van der Waals surface area (Å²) < 4.78 is 11.3. The van der Waals surface area contributed by atoms with Gasteiger partial charge in [0.15, 0.2) is 0 Å². The summed E-state index contributed by atoms with van der Waals surface area (Å²) in [6.07, 6.45) is 1.65. The van der Waals surface area contributed by atoms with Crippen molar-refractivity contribution >= 4 is 5.91 Å². The summed E-state index contributed by atoms with van der Waals surface area (Å²) in [4.78, 5) is 12.1. The molecule has 4 nitrogen and oxygen atoms in total. The number of carbonyl (C=O) groups is 1. The smallest absolute Gasteiger partial charge is 0.251 e. The lowest BCUT2D eigenvalue weighted by molar-refractivity contribution is 0.0958. The number of carbonyl (C=O) groups excluding carboxylic acids is 1. The zero-order valence-corrected chi connectivity index (χ0v) is 16.0. The van der Waals surface area contributed by atoms with Crippen LogP contribution in [0.3, 0.4) is 0 Å². The molecule has 2 rings (SSSR count). The standard InChI is InChI=1S/C22H27NO3/c1-6-13-23-21(24)16-7-12-20(25-5)17(14-16)15-26-19-10-8-18(9-11-19)22(2,3)4/h6-12,14H,1,13,15H2,2-5H3,(H,23,24). The number of nitrogens with one attached hydrogen (secondary N) is 1. The third-order valence-corrected chi connectivity index (χ3v) is 4.06. The first kappa shape index (κ1) is 19.6. The Kier molecular flexibility index (Phi) is 6.45. The van der Waals surface area contributed by atoms with Gasteiger partial charge in [0, 0.05) is 17.7 Å². The van der Waals surface area contributed by atoms with Gasteiger partial charge in [-0.25, -0.2) is 0 Å². The second-order valence-corrected chi connectivity index (χ2v) is 7.09. The van der Waals surface area contributed by atoms with Gasteiger partial charge in [0.2, 0.25) is 0 Å². The maximum atomic E-state index is 12.1. The largest absolute Gasteiger partial charge is 0.496 e. The van der Waals surface area contributed by atoms with E-state index in [9.17, 15) is 4.79 Å². The number of rotatable bonds is 7. The SMILES string of the molecule is C=CCNC(=O)c1ccc(OC)c(COc2ccc(C(C)(C)C)cc2)c1. The summed E-state index contributed by atoms with van der Waals surface area (Å²) in [5.41, 5.74) is 2.74. The number of methoxy groups -OCH3 is 1. The molecule has 0 spiro atoms. The van der Waals surface area contributed by atoms with Gasteiger partial charge in [0.25, 0.3) is 5.91 Å². The van der Waals surface area contributed by atoms with Gasteiger partial charge in [-0.2, -0.15) is 0 Å². The van der Waals surface area contributed by atoms with Crippen LogP contribution in [-0.4, -0.2) is 19.6 Å². The third kappa shape index (κ3) is 5.12. The zero-order chi connectivity index (χ0) is 19.2. The molecule has 1 N–H and O–H groups in total. The lowest BCUT2D eigenvalue weighted by atomic mass is 9.87. The lowest BCUT2D eigenvalue weighted by Gasteiger charge is -2.19. The quantitative estimate of drug-likeness (QED) is 0.746. The highest BCUT2D eigenvalue weighted by Gasteiger charge is 2.14. The second-order valence-electron chi connectivity index (χ2n) is 7.09. The number of hydrogen-bond donors (Lipinski definition) is 1. The van der Waals surface area contributed by atoms with Crippen molar-refractivity contribution < 1.29 is 14.3 Å². The highest BCUT2D eigenvalue weighted by atomic mass is 16.5. The summed E-state index contributed by atoms with van der Waals surface area (Å²) in [7, 11) is 1.61. The van der Waals surface area contributed by atoms with Crippen LogP contribution in [0.15, 0.2) is 55.1 Å².